The van der Waals surface area contributed by atoms with Crippen LogP contribution in [0.2, 0.25) is 0 Å². The fraction of sp³-hybridized carbons (Fsp3) is 0.350. The van der Waals surface area contributed by atoms with Crippen LogP contribution in [0.3, 0.4) is 0 Å². The van der Waals surface area contributed by atoms with E-state index in [2.05, 4.69) is 15.0 Å². The minimum absolute atomic E-state index is 0.179. The summed E-state index contributed by atoms with van der Waals surface area (Å²) in [5, 5.41) is 4.05. The number of amides is 1. The van der Waals surface area contributed by atoms with Crippen molar-refractivity contribution in [3.8, 4) is 11.3 Å². The van der Waals surface area contributed by atoms with Crippen LogP contribution in [-0.2, 0) is 13.1 Å². The summed E-state index contributed by atoms with van der Waals surface area (Å²) in [6.07, 6.45) is 5.89. The van der Waals surface area contributed by atoms with Crippen molar-refractivity contribution in [2.24, 2.45) is 0 Å². The molecule has 0 unspecified atom stereocenters. The molecule has 0 bridgehead atoms. The third-order valence-corrected chi connectivity index (χ3v) is 4.71. The first-order valence-corrected chi connectivity index (χ1v) is 9.11. The van der Waals surface area contributed by atoms with E-state index < -0.39 is 0 Å². The second-order valence-electron chi connectivity index (χ2n) is 6.83. The van der Waals surface area contributed by atoms with E-state index >= 15 is 0 Å². The maximum absolute atomic E-state index is 12.6. The molecule has 0 aromatic carbocycles. The first-order valence-electron chi connectivity index (χ1n) is 9.11. The van der Waals surface area contributed by atoms with Gasteiger partial charge in [0, 0.05) is 31.1 Å². The molecule has 1 amide bonds. The van der Waals surface area contributed by atoms with Crippen LogP contribution in [0.1, 0.15) is 34.9 Å². The molecular formula is C20H22N4O3. The van der Waals surface area contributed by atoms with Gasteiger partial charge in [0.25, 0.3) is 5.91 Å². The number of hydrogen-bond donors (Lipinski definition) is 0. The number of nitrogens with zero attached hydrogens (tertiary/aromatic N) is 4. The maximum Gasteiger partial charge on any atom is 0.289 e. The normalized spacial score (nSPS) is 14.6. The molecule has 3 aromatic heterocycles. The lowest BCUT2D eigenvalue weighted by atomic mass is 10.2. The summed E-state index contributed by atoms with van der Waals surface area (Å²) in [5.74, 6) is 1.60. The SMILES string of the molecule is CN(Cc1cc(-c2cccnc2)no1)C(=O)c1ccc(CN2CCCC2)o1. The Balaban J connectivity index is 1.38. The second kappa shape index (κ2) is 7.75. The van der Waals surface area contributed by atoms with Crippen LogP contribution in [0.15, 0.2) is 51.7 Å². The number of rotatable bonds is 6. The van der Waals surface area contributed by atoms with Crippen LogP contribution in [0.25, 0.3) is 11.3 Å². The van der Waals surface area contributed by atoms with Crippen molar-refractivity contribution >= 4 is 5.91 Å². The quantitative estimate of drug-likeness (QED) is 0.667. The summed E-state index contributed by atoms with van der Waals surface area (Å²) in [5.41, 5.74) is 1.57. The van der Waals surface area contributed by atoms with Gasteiger partial charge in [0.05, 0.1) is 13.1 Å². The molecule has 0 spiro atoms. The van der Waals surface area contributed by atoms with E-state index in [1.165, 1.54) is 12.8 Å². The van der Waals surface area contributed by atoms with E-state index in [4.69, 9.17) is 8.94 Å². The first-order chi connectivity index (χ1) is 13.2. The molecule has 0 atom stereocenters. The predicted molar refractivity (Wildman–Crippen MR) is 98.8 cm³/mol. The van der Waals surface area contributed by atoms with E-state index in [0.717, 1.165) is 31.0 Å². The van der Waals surface area contributed by atoms with Crippen LogP contribution in [0.4, 0.5) is 0 Å². The van der Waals surface area contributed by atoms with Gasteiger partial charge in [-0.05, 0) is 50.2 Å². The Labute approximate surface area is 157 Å². The van der Waals surface area contributed by atoms with Crippen molar-refractivity contribution in [2.75, 3.05) is 20.1 Å². The van der Waals surface area contributed by atoms with Crippen molar-refractivity contribution in [3.63, 3.8) is 0 Å². The van der Waals surface area contributed by atoms with Gasteiger partial charge in [-0.25, -0.2) is 0 Å². The summed E-state index contributed by atoms with van der Waals surface area (Å²) in [7, 11) is 1.72. The Hall–Kier alpha value is -2.93. The molecule has 0 N–H and O–H groups in total. The van der Waals surface area contributed by atoms with Crippen molar-refractivity contribution in [1.29, 1.82) is 0 Å². The van der Waals surface area contributed by atoms with Crippen LogP contribution < -0.4 is 0 Å². The van der Waals surface area contributed by atoms with E-state index in [9.17, 15) is 4.79 Å². The fourth-order valence-electron chi connectivity index (χ4n) is 3.27. The van der Waals surface area contributed by atoms with Gasteiger partial charge in [-0.1, -0.05) is 5.16 Å². The molecule has 0 aliphatic carbocycles. The summed E-state index contributed by atoms with van der Waals surface area (Å²) in [6, 6.07) is 9.20. The van der Waals surface area contributed by atoms with E-state index in [-0.39, 0.29) is 5.91 Å². The lowest BCUT2D eigenvalue weighted by Gasteiger charge is -2.14. The Kier molecular flexibility index (Phi) is 5.02. The summed E-state index contributed by atoms with van der Waals surface area (Å²) in [4.78, 5) is 20.6. The lowest BCUT2D eigenvalue weighted by molar-refractivity contribution is 0.0737. The van der Waals surface area contributed by atoms with Gasteiger partial charge in [0.2, 0.25) is 0 Å². The average molecular weight is 366 g/mol. The standard InChI is InChI=1S/C20H22N4O3/c1-23(13-17-11-18(22-27-17)15-5-4-8-21-12-15)20(25)19-7-6-16(26-19)14-24-9-2-3-10-24/h4-8,11-12H,2-3,9-10,13-14H2,1H3. The van der Waals surface area contributed by atoms with Crippen molar-refractivity contribution in [2.45, 2.75) is 25.9 Å². The Bertz CT molecular complexity index is 897. The van der Waals surface area contributed by atoms with Crippen LogP contribution in [-0.4, -0.2) is 46.0 Å². The highest BCUT2D eigenvalue weighted by Gasteiger charge is 2.20. The summed E-state index contributed by atoms with van der Waals surface area (Å²) in [6.45, 7) is 3.26. The second-order valence-corrected chi connectivity index (χ2v) is 6.83. The number of furan rings is 1. The zero-order chi connectivity index (χ0) is 18.6. The molecule has 140 valence electrons. The molecule has 7 heteroatoms. The van der Waals surface area contributed by atoms with Gasteiger partial charge in [-0.15, -0.1) is 0 Å². The van der Waals surface area contributed by atoms with Gasteiger partial charge in [-0.3, -0.25) is 14.7 Å². The van der Waals surface area contributed by atoms with Gasteiger partial charge in [-0.2, -0.15) is 0 Å². The molecule has 27 heavy (non-hydrogen) atoms. The summed E-state index contributed by atoms with van der Waals surface area (Å²) < 4.78 is 11.1. The topological polar surface area (TPSA) is 75.6 Å². The molecule has 3 aromatic rings. The molecule has 0 radical (unpaired) electrons. The monoisotopic (exact) mass is 366 g/mol. The molecule has 1 fully saturated rings. The first kappa shape index (κ1) is 17.5. The van der Waals surface area contributed by atoms with Crippen molar-refractivity contribution < 1.29 is 13.7 Å². The minimum atomic E-state index is -0.179. The Morgan fingerprint density at radius 2 is 2.07 bits per heavy atom. The van der Waals surface area contributed by atoms with E-state index in [1.807, 2.05) is 24.3 Å². The number of carbonyl (C=O) groups excluding carboxylic acids is 1. The zero-order valence-electron chi connectivity index (χ0n) is 15.3. The molecule has 4 rings (SSSR count). The number of pyridine rings is 1. The summed E-state index contributed by atoms with van der Waals surface area (Å²) >= 11 is 0. The van der Waals surface area contributed by atoms with Gasteiger partial charge in [0.1, 0.15) is 11.5 Å². The fourth-order valence-corrected chi connectivity index (χ4v) is 3.27. The van der Waals surface area contributed by atoms with Crippen LogP contribution in [0, 0.1) is 0 Å². The van der Waals surface area contributed by atoms with Gasteiger partial charge >= 0.3 is 0 Å². The molecular weight excluding hydrogens is 344 g/mol. The number of aromatic nitrogens is 2. The number of carbonyl (C=O) groups is 1. The average Bonchev–Trinajstić information content (AvgIpc) is 3.44. The third kappa shape index (κ3) is 4.09. The van der Waals surface area contributed by atoms with E-state index in [0.29, 0.717) is 23.8 Å². The van der Waals surface area contributed by atoms with Crippen molar-refractivity contribution in [1.82, 2.24) is 19.9 Å². The molecule has 0 saturated carbocycles. The lowest BCUT2D eigenvalue weighted by Crippen LogP contribution is -2.25. The maximum atomic E-state index is 12.6. The van der Waals surface area contributed by atoms with Gasteiger partial charge < -0.3 is 13.8 Å². The predicted octanol–water partition coefficient (Wildman–Crippen LogP) is 3.20. The number of hydrogen-bond acceptors (Lipinski definition) is 6. The van der Waals surface area contributed by atoms with Crippen molar-refractivity contribution in [3.05, 3.63) is 60.0 Å². The number of likely N-dealkylation sites (tertiary alicyclic amines) is 1. The molecule has 7 nitrogen and oxygen atoms in total. The molecule has 4 heterocycles. The van der Waals surface area contributed by atoms with E-state index in [1.54, 1.807) is 30.4 Å². The third-order valence-electron chi connectivity index (χ3n) is 4.71. The highest BCUT2D eigenvalue weighted by molar-refractivity contribution is 5.91. The Morgan fingerprint density at radius 3 is 2.85 bits per heavy atom. The highest BCUT2D eigenvalue weighted by Crippen LogP contribution is 2.20. The van der Waals surface area contributed by atoms with Gasteiger partial charge in [0.15, 0.2) is 11.5 Å². The molecule has 1 aliphatic heterocycles. The zero-order valence-corrected chi connectivity index (χ0v) is 15.3. The Morgan fingerprint density at radius 1 is 1.22 bits per heavy atom. The molecule has 1 aliphatic rings. The highest BCUT2D eigenvalue weighted by atomic mass is 16.5. The molecule has 1 saturated heterocycles. The van der Waals surface area contributed by atoms with Crippen LogP contribution >= 0.6 is 0 Å². The minimum Gasteiger partial charge on any atom is -0.455 e. The largest absolute Gasteiger partial charge is 0.455 e. The van der Waals surface area contributed by atoms with Crippen LogP contribution in [0.5, 0.6) is 0 Å². The smallest absolute Gasteiger partial charge is 0.289 e.